The van der Waals surface area contributed by atoms with Crippen molar-refractivity contribution < 1.29 is 4.39 Å². The van der Waals surface area contributed by atoms with Gasteiger partial charge >= 0.3 is 0 Å². The molecule has 0 spiro atoms. The summed E-state index contributed by atoms with van der Waals surface area (Å²) in [5, 5.41) is 0. The van der Waals surface area contributed by atoms with E-state index < -0.39 is 0 Å². The molecule has 2 nitrogen and oxygen atoms in total. The summed E-state index contributed by atoms with van der Waals surface area (Å²) in [7, 11) is 0. The van der Waals surface area contributed by atoms with Gasteiger partial charge in [-0.25, -0.2) is 9.37 Å². The van der Waals surface area contributed by atoms with Gasteiger partial charge in [0.05, 0.1) is 17.6 Å². The maximum Gasteiger partial charge on any atom is 0.141 e. The quantitative estimate of drug-likeness (QED) is 0.637. The first-order valence-electron chi connectivity index (χ1n) is 5.94. The van der Waals surface area contributed by atoms with Gasteiger partial charge in [0.25, 0.3) is 0 Å². The van der Waals surface area contributed by atoms with Gasteiger partial charge in [-0.15, -0.1) is 6.42 Å². The largest absolute Gasteiger partial charge is 0.312 e. The van der Waals surface area contributed by atoms with Crippen molar-refractivity contribution in [1.29, 1.82) is 0 Å². The highest BCUT2D eigenvalue weighted by atomic mass is 19.1. The number of terminal acetylenes is 1. The first-order valence-corrected chi connectivity index (χ1v) is 5.94. The van der Waals surface area contributed by atoms with E-state index in [1.54, 1.807) is 12.1 Å². The summed E-state index contributed by atoms with van der Waals surface area (Å²) in [5.74, 6) is 3.14. The van der Waals surface area contributed by atoms with Crippen LogP contribution in [-0.2, 0) is 6.54 Å². The van der Waals surface area contributed by atoms with Crippen LogP contribution in [0.4, 0.5) is 4.39 Å². The molecule has 19 heavy (non-hydrogen) atoms. The number of para-hydroxylation sites is 2. The van der Waals surface area contributed by atoms with Crippen LogP contribution in [0.5, 0.6) is 0 Å². The lowest BCUT2D eigenvalue weighted by Gasteiger charge is -2.05. The molecular weight excluding hydrogens is 239 g/mol. The van der Waals surface area contributed by atoms with Gasteiger partial charge in [0.15, 0.2) is 0 Å². The molecule has 0 radical (unpaired) electrons. The molecule has 0 amide bonds. The van der Waals surface area contributed by atoms with Gasteiger partial charge < -0.3 is 4.57 Å². The van der Waals surface area contributed by atoms with Crippen LogP contribution in [-0.4, -0.2) is 9.55 Å². The van der Waals surface area contributed by atoms with Gasteiger partial charge in [0.1, 0.15) is 11.6 Å². The van der Waals surface area contributed by atoms with Crippen molar-refractivity contribution in [2.75, 3.05) is 0 Å². The molecule has 92 valence electrons. The summed E-state index contributed by atoms with van der Waals surface area (Å²) in [6, 6.07) is 14.1. The predicted octanol–water partition coefficient (Wildman–Crippen LogP) is 3.48. The molecule has 0 aliphatic rings. The molecule has 0 bridgehead atoms. The summed E-state index contributed by atoms with van der Waals surface area (Å²) in [4.78, 5) is 4.58. The van der Waals surface area contributed by atoms with Crippen molar-refractivity contribution >= 4 is 11.0 Å². The standard InChI is InChI=1S/C16H11FN2/c1-2-11-19-15-6-4-3-5-14(15)18-16(19)12-7-9-13(17)10-8-12/h1,3-10H,11H2. The molecule has 0 aliphatic heterocycles. The Morgan fingerprint density at radius 2 is 1.84 bits per heavy atom. The Kier molecular flexibility index (Phi) is 2.77. The first kappa shape index (κ1) is 11.5. The average Bonchev–Trinajstić information content (AvgIpc) is 2.79. The first-order chi connectivity index (χ1) is 9.29. The van der Waals surface area contributed by atoms with E-state index in [-0.39, 0.29) is 5.82 Å². The fourth-order valence-corrected chi connectivity index (χ4v) is 2.15. The van der Waals surface area contributed by atoms with Gasteiger partial charge in [-0.05, 0) is 36.4 Å². The Morgan fingerprint density at radius 3 is 2.58 bits per heavy atom. The molecule has 1 heterocycles. The Labute approximate surface area is 110 Å². The topological polar surface area (TPSA) is 17.8 Å². The van der Waals surface area contributed by atoms with Crippen LogP contribution in [0.3, 0.4) is 0 Å². The molecule has 0 unspecified atom stereocenters. The molecule has 3 rings (SSSR count). The smallest absolute Gasteiger partial charge is 0.141 e. The van der Waals surface area contributed by atoms with Crippen molar-refractivity contribution in [3.8, 4) is 23.7 Å². The van der Waals surface area contributed by atoms with Crippen LogP contribution in [0.1, 0.15) is 0 Å². The van der Waals surface area contributed by atoms with Gasteiger partial charge in [-0.3, -0.25) is 0 Å². The lowest BCUT2D eigenvalue weighted by atomic mass is 10.2. The van der Waals surface area contributed by atoms with Crippen LogP contribution in [0.25, 0.3) is 22.4 Å². The minimum Gasteiger partial charge on any atom is -0.312 e. The zero-order chi connectivity index (χ0) is 13.2. The lowest BCUT2D eigenvalue weighted by Crippen LogP contribution is -1.98. The minimum atomic E-state index is -0.261. The molecule has 0 saturated heterocycles. The van der Waals surface area contributed by atoms with Crippen LogP contribution < -0.4 is 0 Å². The van der Waals surface area contributed by atoms with Crippen LogP contribution >= 0.6 is 0 Å². The van der Waals surface area contributed by atoms with E-state index in [1.165, 1.54) is 12.1 Å². The summed E-state index contributed by atoms with van der Waals surface area (Å²) >= 11 is 0. The second kappa shape index (κ2) is 4.58. The molecule has 0 saturated carbocycles. The number of imidazole rings is 1. The summed E-state index contributed by atoms with van der Waals surface area (Å²) < 4.78 is 15.0. The second-order valence-corrected chi connectivity index (χ2v) is 4.22. The molecule has 2 aromatic carbocycles. The van der Waals surface area contributed by atoms with Gasteiger partial charge in [0, 0.05) is 5.56 Å². The van der Waals surface area contributed by atoms with Gasteiger partial charge in [0.2, 0.25) is 0 Å². The van der Waals surface area contributed by atoms with Crippen LogP contribution in [0.2, 0.25) is 0 Å². The normalized spacial score (nSPS) is 10.5. The van der Waals surface area contributed by atoms with E-state index in [0.717, 1.165) is 22.4 Å². The molecule has 3 heteroatoms. The number of nitrogens with zero attached hydrogens (tertiary/aromatic N) is 2. The Bertz CT molecular complexity index is 764. The maximum atomic E-state index is 13.0. The molecule has 0 aliphatic carbocycles. The van der Waals surface area contributed by atoms with E-state index in [2.05, 4.69) is 10.9 Å². The fraction of sp³-hybridized carbons (Fsp3) is 0.0625. The Balaban J connectivity index is 2.25. The summed E-state index contributed by atoms with van der Waals surface area (Å²) in [6.45, 7) is 0.438. The van der Waals surface area contributed by atoms with Gasteiger partial charge in [-0.1, -0.05) is 18.1 Å². The van der Waals surface area contributed by atoms with E-state index in [4.69, 9.17) is 6.42 Å². The van der Waals surface area contributed by atoms with Crippen molar-refractivity contribution in [2.45, 2.75) is 6.54 Å². The van der Waals surface area contributed by atoms with E-state index in [1.807, 2.05) is 28.8 Å². The number of hydrogen-bond donors (Lipinski definition) is 0. The number of halogens is 1. The summed E-state index contributed by atoms with van der Waals surface area (Å²) in [5.41, 5.74) is 2.73. The van der Waals surface area contributed by atoms with E-state index in [9.17, 15) is 4.39 Å². The fourth-order valence-electron chi connectivity index (χ4n) is 2.15. The SMILES string of the molecule is C#CCn1c(-c2ccc(F)cc2)nc2ccccc21. The molecule has 0 N–H and O–H groups in total. The zero-order valence-electron chi connectivity index (χ0n) is 10.2. The Morgan fingerprint density at radius 1 is 1.11 bits per heavy atom. The number of rotatable bonds is 2. The van der Waals surface area contributed by atoms with E-state index in [0.29, 0.717) is 6.54 Å². The third-order valence-corrected chi connectivity index (χ3v) is 3.01. The van der Waals surface area contributed by atoms with Crippen molar-refractivity contribution in [3.05, 3.63) is 54.3 Å². The Hall–Kier alpha value is -2.60. The molecule has 3 aromatic rings. The zero-order valence-corrected chi connectivity index (χ0v) is 10.2. The van der Waals surface area contributed by atoms with E-state index >= 15 is 0 Å². The van der Waals surface area contributed by atoms with Crippen LogP contribution in [0, 0.1) is 18.2 Å². The molecule has 0 atom stereocenters. The maximum absolute atomic E-state index is 13.0. The van der Waals surface area contributed by atoms with Crippen LogP contribution in [0.15, 0.2) is 48.5 Å². The monoisotopic (exact) mass is 250 g/mol. The third kappa shape index (κ3) is 1.98. The number of aromatic nitrogens is 2. The number of hydrogen-bond acceptors (Lipinski definition) is 1. The molecular formula is C16H11FN2. The lowest BCUT2D eigenvalue weighted by molar-refractivity contribution is 0.628. The third-order valence-electron chi connectivity index (χ3n) is 3.01. The minimum absolute atomic E-state index is 0.261. The average molecular weight is 250 g/mol. The van der Waals surface area contributed by atoms with Crippen molar-refractivity contribution in [2.24, 2.45) is 0 Å². The van der Waals surface area contributed by atoms with Crippen molar-refractivity contribution in [3.63, 3.8) is 0 Å². The summed E-state index contributed by atoms with van der Waals surface area (Å²) in [6.07, 6.45) is 5.42. The predicted molar refractivity (Wildman–Crippen MR) is 74.0 cm³/mol. The number of fused-ring (bicyclic) bond motifs is 1. The highest BCUT2D eigenvalue weighted by Gasteiger charge is 2.11. The highest BCUT2D eigenvalue weighted by Crippen LogP contribution is 2.24. The molecule has 0 fully saturated rings. The molecule has 1 aromatic heterocycles. The second-order valence-electron chi connectivity index (χ2n) is 4.22. The number of benzene rings is 2. The van der Waals surface area contributed by atoms with Gasteiger partial charge in [-0.2, -0.15) is 0 Å². The van der Waals surface area contributed by atoms with Crippen molar-refractivity contribution in [1.82, 2.24) is 9.55 Å². The highest BCUT2D eigenvalue weighted by molar-refractivity contribution is 5.80.